The average molecular weight is 435 g/mol. The number of aromatic nitrogens is 1. The summed E-state index contributed by atoms with van der Waals surface area (Å²) in [5.74, 6) is 0.830. The van der Waals surface area contributed by atoms with Crippen LogP contribution in [0.1, 0.15) is 27.4 Å². The highest BCUT2D eigenvalue weighted by atomic mass is 16.1. The number of carbonyl (C=O) groups is 1. The molecule has 0 spiro atoms. The summed E-state index contributed by atoms with van der Waals surface area (Å²) in [4.78, 5) is 17.9. The first kappa shape index (κ1) is 20.8. The molecule has 0 saturated heterocycles. The highest BCUT2D eigenvalue weighted by molar-refractivity contribution is 6.01. The molecule has 33 heavy (non-hydrogen) atoms. The predicted molar refractivity (Wildman–Crippen MR) is 134 cm³/mol. The fraction of sp³-hybridized carbons (Fsp3) is 0.143. The minimum atomic E-state index is -0.0914. The Bertz CT molecular complexity index is 1200. The van der Waals surface area contributed by atoms with E-state index >= 15 is 0 Å². The van der Waals surface area contributed by atoms with E-state index in [0.29, 0.717) is 12.1 Å². The lowest BCUT2D eigenvalue weighted by atomic mass is 9.91. The molecule has 5 nitrogen and oxygen atoms in total. The van der Waals surface area contributed by atoms with Crippen molar-refractivity contribution >= 4 is 17.4 Å². The second-order valence-corrected chi connectivity index (χ2v) is 8.10. The van der Waals surface area contributed by atoms with Crippen molar-refractivity contribution in [2.45, 2.75) is 5.92 Å². The number of nitrogens with zero attached hydrogens (tertiary/aromatic N) is 1. The van der Waals surface area contributed by atoms with Crippen LogP contribution in [0.5, 0.6) is 0 Å². The predicted octanol–water partition coefficient (Wildman–Crippen LogP) is 5.15. The summed E-state index contributed by atoms with van der Waals surface area (Å²) >= 11 is 0. The van der Waals surface area contributed by atoms with Crippen LogP contribution in [0.3, 0.4) is 0 Å². The Labute approximate surface area is 193 Å². The topological polar surface area (TPSA) is 66.0 Å². The Kier molecular flexibility index (Phi) is 6.02. The third-order valence-electron chi connectivity index (χ3n) is 5.97. The van der Waals surface area contributed by atoms with E-state index in [-0.39, 0.29) is 11.8 Å². The van der Waals surface area contributed by atoms with E-state index in [0.717, 1.165) is 35.7 Å². The zero-order chi connectivity index (χ0) is 22.5. The van der Waals surface area contributed by atoms with Gasteiger partial charge in [0.15, 0.2) is 0 Å². The smallest absolute Gasteiger partial charge is 0.251 e. The largest absolute Gasteiger partial charge is 0.380 e. The average Bonchev–Trinajstić information content (AvgIpc) is 2.89. The molecule has 5 rings (SSSR count). The van der Waals surface area contributed by atoms with Crippen molar-refractivity contribution < 1.29 is 4.79 Å². The van der Waals surface area contributed by atoms with Gasteiger partial charge in [-0.15, -0.1) is 0 Å². The fourth-order valence-electron chi connectivity index (χ4n) is 4.29. The van der Waals surface area contributed by atoms with Gasteiger partial charge in [-0.3, -0.25) is 4.79 Å². The molecule has 164 valence electrons. The summed E-state index contributed by atoms with van der Waals surface area (Å²) in [7, 11) is 0. The first-order valence-corrected chi connectivity index (χ1v) is 11.2. The molecule has 3 aromatic carbocycles. The van der Waals surface area contributed by atoms with Gasteiger partial charge in [0.1, 0.15) is 5.82 Å². The molecule has 1 aliphatic rings. The summed E-state index contributed by atoms with van der Waals surface area (Å²) in [5, 5.41) is 9.84. The Morgan fingerprint density at radius 2 is 1.48 bits per heavy atom. The molecular weight excluding hydrogens is 408 g/mol. The van der Waals surface area contributed by atoms with Crippen molar-refractivity contribution in [3.8, 4) is 11.1 Å². The van der Waals surface area contributed by atoms with Crippen LogP contribution in [-0.4, -0.2) is 30.5 Å². The number of hydrogen-bond acceptors (Lipinski definition) is 4. The van der Waals surface area contributed by atoms with E-state index in [9.17, 15) is 4.79 Å². The zero-order valence-corrected chi connectivity index (χ0v) is 18.3. The number of hydrogen-bond donors (Lipinski definition) is 3. The molecule has 3 N–H and O–H groups in total. The third kappa shape index (κ3) is 4.58. The SMILES string of the molecule is O=C(NCC(c1ccccc1)c1ccccc1)c1ccccc1-c1cnc2c(c1)NCCN2. The molecule has 1 aliphatic heterocycles. The minimum absolute atomic E-state index is 0.0733. The summed E-state index contributed by atoms with van der Waals surface area (Å²) in [5.41, 5.74) is 5.74. The van der Waals surface area contributed by atoms with Crippen LogP contribution >= 0.6 is 0 Å². The van der Waals surface area contributed by atoms with Crippen molar-refractivity contribution in [3.63, 3.8) is 0 Å². The molecule has 0 fully saturated rings. The molecule has 2 heterocycles. The van der Waals surface area contributed by atoms with Gasteiger partial charge in [-0.2, -0.15) is 0 Å². The number of anilines is 2. The lowest BCUT2D eigenvalue weighted by Gasteiger charge is -2.21. The van der Waals surface area contributed by atoms with Crippen molar-refractivity contribution in [2.75, 3.05) is 30.3 Å². The maximum absolute atomic E-state index is 13.3. The van der Waals surface area contributed by atoms with Gasteiger partial charge in [0.2, 0.25) is 0 Å². The summed E-state index contributed by atoms with van der Waals surface area (Å²) in [6.07, 6.45) is 1.82. The second-order valence-electron chi connectivity index (χ2n) is 8.10. The van der Waals surface area contributed by atoms with E-state index in [4.69, 9.17) is 0 Å². The molecule has 0 radical (unpaired) electrons. The van der Waals surface area contributed by atoms with Gasteiger partial charge in [-0.25, -0.2) is 4.98 Å². The zero-order valence-electron chi connectivity index (χ0n) is 18.3. The Balaban J connectivity index is 1.40. The van der Waals surface area contributed by atoms with E-state index < -0.39 is 0 Å². The summed E-state index contributed by atoms with van der Waals surface area (Å²) in [6.45, 7) is 2.21. The molecule has 5 heteroatoms. The van der Waals surface area contributed by atoms with Crippen LogP contribution in [0.4, 0.5) is 11.5 Å². The van der Waals surface area contributed by atoms with Crippen molar-refractivity contribution in [3.05, 3.63) is 114 Å². The van der Waals surface area contributed by atoms with Crippen molar-refractivity contribution in [1.82, 2.24) is 10.3 Å². The molecule has 0 saturated carbocycles. The van der Waals surface area contributed by atoms with Gasteiger partial charge in [0, 0.05) is 42.9 Å². The van der Waals surface area contributed by atoms with Crippen molar-refractivity contribution in [1.29, 1.82) is 0 Å². The first-order valence-electron chi connectivity index (χ1n) is 11.2. The quantitative estimate of drug-likeness (QED) is 0.393. The van der Waals surface area contributed by atoms with Crippen molar-refractivity contribution in [2.24, 2.45) is 0 Å². The van der Waals surface area contributed by atoms with E-state index in [2.05, 4.69) is 51.3 Å². The highest BCUT2D eigenvalue weighted by Gasteiger charge is 2.19. The lowest BCUT2D eigenvalue weighted by molar-refractivity contribution is 0.0953. The molecule has 4 aromatic rings. The van der Waals surface area contributed by atoms with Gasteiger partial charge < -0.3 is 16.0 Å². The normalized spacial score (nSPS) is 12.4. The molecule has 0 unspecified atom stereocenters. The molecule has 0 bridgehead atoms. The number of benzene rings is 3. The Morgan fingerprint density at radius 1 is 0.848 bits per heavy atom. The van der Waals surface area contributed by atoms with E-state index in [1.807, 2.05) is 66.9 Å². The van der Waals surface area contributed by atoms with Crippen LogP contribution in [-0.2, 0) is 0 Å². The summed E-state index contributed by atoms with van der Waals surface area (Å²) in [6, 6.07) is 30.3. The Hall–Kier alpha value is -4.12. The van der Waals surface area contributed by atoms with Gasteiger partial charge >= 0.3 is 0 Å². The van der Waals surface area contributed by atoms with Crippen LogP contribution in [0, 0.1) is 0 Å². The third-order valence-corrected chi connectivity index (χ3v) is 5.97. The van der Waals surface area contributed by atoms with Gasteiger partial charge in [0.25, 0.3) is 5.91 Å². The Morgan fingerprint density at radius 3 is 2.21 bits per heavy atom. The molecule has 1 aromatic heterocycles. The maximum Gasteiger partial charge on any atom is 0.251 e. The van der Waals surface area contributed by atoms with E-state index in [1.165, 1.54) is 11.1 Å². The van der Waals surface area contributed by atoms with Gasteiger partial charge in [-0.05, 0) is 28.8 Å². The van der Waals surface area contributed by atoms with Crippen LogP contribution < -0.4 is 16.0 Å². The number of carbonyl (C=O) groups excluding carboxylic acids is 1. The lowest BCUT2D eigenvalue weighted by Crippen LogP contribution is -2.29. The number of pyridine rings is 1. The fourth-order valence-corrected chi connectivity index (χ4v) is 4.29. The monoisotopic (exact) mass is 434 g/mol. The molecule has 0 atom stereocenters. The first-order chi connectivity index (χ1) is 16.3. The highest BCUT2D eigenvalue weighted by Crippen LogP contribution is 2.30. The standard InChI is InChI=1S/C28H26N4O/c33-28(32-19-25(20-9-3-1-4-10-20)21-11-5-2-6-12-21)24-14-8-7-13-23(24)22-17-26-27(31-18-22)30-16-15-29-26/h1-14,17-18,25,29H,15-16,19H2,(H,30,31)(H,32,33). The molecule has 1 amide bonds. The molecule has 0 aliphatic carbocycles. The number of nitrogens with one attached hydrogen (secondary N) is 3. The number of rotatable bonds is 6. The van der Waals surface area contributed by atoms with E-state index in [1.54, 1.807) is 0 Å². The van der Waals surface area contributed by atoms with Gasteiger partial charge in [0.05, 0.1) is 5.69 Å². The number of amides is 1. The van der Waals surface area contributed by atoms with Crippen LogP contribution in [0.15, 0.2) is 97.2 Å². The number of fused-ring (bicyclic) bond motifs is 1. The van der Waals surface area contributed by atoms with Crippen LogP contribution in [0.25, 0.3) is 11.1 Å². The van der Waals surface area contributed by atoms with Gasteiger partial charge in [-0.1, -0.05) is 78.9 Å². The minimum Gasteiger partial charge on any atom is -0.380 e. The molecular formula is C28H26N4O. The summed E-state index contributed by atoms with van der Waals surface area (Å²) < 4.78 is 0. The maximum atomic E-state index is 13.3. The van der Waals surface area contributed by atoms with Crippen LogP contribution in [0.2, 0.25) is 0 Å². The second kappa shape index (κ2) is 9.57.